The van der Waals surface area contributed by atoms with E-state index in [4.69, 9.17) is 9.47 Å². The Morgan fingerprint density at radius 3 is 2.67 bits per heavy atom. The summed E-state index contributed by atoms with van der Waals surface area (Å²) in [5.41, 5.74) is 0.871. The molecule has 1 amide bonds. The Morgan fingerprint density at radius 1 is 1.25 bits per heavy atom. The molecule has 1 aliphatic rings. The molecule has 3 rings (SSSR count). The maximum Gasteiger partial charge on any atom is 0.254 e. The van der Waals surface area contributed by atoms with Crippen LogP contribution in [-0.4, -0.2) is 47.3 Å². The van der Waals surface area contributed by atoms with E-state index in [1.54, 1.807) is 36.1 Å². The number of likely N-dealkylation sites (tertiary alicyclic amines) is 1. The minimum absolute atomic E-state index is 0.160. The quantitative estimate of drug-likeness (QED) is 0.859. The second kappa shape index (κ2) is 6.82. The molecule has 1 unspecified atom stereocenters. The van der Waals surface area contributed by atoms with Gasteiger partial charge in [0.15, 0.2) is 0 Å². The predicted molar refractivity (Wildman–Crippen MR) is 84.7 cm³/mol. The third-order valence-corrected chi connectivity index (χ3v) is 3.96. The third-order valence-electron chi connectivity index (χ3n) is 3.96. The van der Waals surface area contributed by atoms with Crippen molar-refractivity contribution < 1.29 is 18.7 Å². The maximum atomic E-state index is 13.6. The molecule has 2 aromatic rings. The molecule has 0 saturated carbocycles. The molecule has 7 heteroatoms. The average Bonchev–Trinajstić information content (AvgIpc) is 3.06. The standard InChI is InChI=1S/C17H18FN3O3/c1-11-3-4-12(9-14(11)18)17(22)21-8-7-13(10-21)24-16-6-5-15(23-2)19-20-16/h3-6,9,13H,7-8,10H2,1-2H3. The van der Waals surface area contributed by atoms with Crippen LogP contribution >= 0.6 is 0 Å². The van der Waals surface area contributed by atoms with E-state index in [0.717, 1.165) is 0 Å². The Morgan fingerprint density at radius 2 is 2.00 bits per heavy atom. The molecule has 1 atom stereocenters. The molecule has 1 saturated heterocycles. The minimum atomic E-state index is -0.374. The van der Waals surface area contributed by atoms with Crippen molar-refractivity contribution in [1.29, 1.82) is 0 Å². The number of halogens is 1. The summed E-state index contributed by atoms with van der Waals surface area (Å²) in [6.45, 7) is 2.66. The van der Waals surface area contributed by atoms with Crippen molar-refractivity contribution in [2.45, 2.75) is 19.4 Å². The lowest BCUT2D eigenvalue weighted by Gasteiger charge is -2.17. The summed E-state index contributed by atoms with van der Waals surface area (Å²) >= 11 is 0. The monoisotopic (exact) mass is 331 g/mol. The van der Waals surface area contributed by atoms with Gasteiger partial charge in [0.05, 0.1) is 13.7 Å². The van der Waals surface area contributed by atoms with Gasteiger partial charge in [-0.25, -0.2) is 4.39 Å². The van der Waals surface area contributed by atoms with Crippen molar-refractivity contribution in [2.75, 3.05) is 20.2 Å². The van der Waals surface area contributed by atoms with Crippen LogP contribution in [0.2, 0.25) is 0 Å². The van der Waals surface area contributed by atoms with E-state index in [1.807, 2.05) is 0 Å². The molecule has 0 spiro atoms. The van der Waals surface area contributed by atoms with Crippen LogP contribution < -0.4 is 9.47 Å². The Labute approximate surface area is 139 Å². The molecule has 0 aliphatic carbocycles. The number of rotatable bonds is 4. The van der Waals surface area contributed by atoms with Crippen LogP contribution in [-0.2, 0) is 0 Å². The topological polar surface area (TPSA) is 64.6 Å². The Hall–Kier alpha value is -2.70. The van der Waals surface area contributed by atoms with Crippen LogP contribution in [0.1, 0.15) is 22.3 Å². The van der Waals surface area contributed by atoms with Crippen molar-refractivity contribution in [3.63, 3.8) is 0 Å². The van der Waals surface area contributed by atoms with Crippen LogP contribution in [0, 0.1) is 12.7 Å². The van der Waals surface area contributed by atoms with Crippen molar-refractivity contribution >= 4 is 5.91 Å². The van der Waals surface area contributed by atoms with E-state index >= 15 is 0 Å². The number of methoxy groups -OCH3 is 1. The van der Waals surface area contributed by atoms with Gasteiger partial charge >= 0.3 is 0 Å². The number of hydrogen-bond acceptors (Lipinski definition) is 5. The molecule has 1 aliphatic heterocycles. The highest BCUT2D eigenvalue weighted by atomic mass is 19.1. The van der Waals surface area contributed by atoms with Gasteiger partial charge in [0.2, 0.25) is 11.8 Å². The molecule has 24 heavy (non-hydrogen) atoms. The van der Waals surface area contributed by atoms with E-state index in [1.165, 1.54) is 13.2 Å². The number of carbonyl (C=O) groups excluding carboxylic acids is 1. The normalized spacial score (nSPS) is 17.0. The number of aromatic nitrogens is 2. The Kier molecular flexibility index (Phi) is 4.59. The summed E-state index contributed by atoms with van der Waals surface area (Å²) in [6.07, 6.45) is 0.528. The van der Waals surface area contributed by atoms with Gasteiger partial charge in [-0.15, -0.1) is 10.2 Å². The lowest BCUT2D eigenvalue weighted by Crippen LogP contribution is -2.31. The molecule has 0 bridgehead atoms. The summed E-state index contributed by atoms with van der Waals surface area (Å²) in [5.74, 6) is 0.227. The lowest BCUT2D eigenvalue weighted by atomic mass is 10.1. The first kappa shape index (κ1) is 16.2. The third kappa shape index (κ3) is 3.45. The van der Waals surface area contributed by atoms with E-state index < -0.39 is 0 Å². The van der Waals surface area contributed by atoms with Crippen molar-refractivity contribution in [3.8, 4) is 11.8 Å². The fourth-order valence-electron chi connectivity index (χ4n) is 2.57. The molecule has 1 aromatic heterocycles. The van der Waals surface area contributed by atoms with Gasteiger partial charge in [0.1, 0.15) is 11.9 Å². The van der Waals surface area contributed by atoms with Crippen molar-refractivity contribution in [1.82, 2.24) is 15.1 Å². The molecule has 1 fully saturated rings. The highest BCUT2D eigenvalue weighted by Crippen LogP contribution is 2.20. The van der Waals surface area contributed by atoms with Crippen LogP contribution in [0.25, 0.3) is 0 Å². The molecule has 1 aromatic carbocycles. The zero-order valence-corrected chi connectivity index (χ0v) is 13.5. The first-order chi connectivity index (χ1) is 11.6. The van der Waals surface area contributed by atoms with E-state index in [0.29, 0.717) is 42.4 Å². The Bertz CT molecular complexity index is 736. The van der Waals surface area contributed by atoms with Crippen LogP contribution in [0.4, 0.5) is 4.39 Å². The first-order valence-corrected chi connectivity index (χ1v) is 7.66. The molecule has 6 nitrogen and oxygen atoms in total. The summed E-state index contributed by atoms with van der Waals surface area (Å²) in [6, 6.07) is 7.87. The van der Waals surface area contributed by atoms with Crippen molar-refractivity contribution in [2.24, 2.45) is 0 Å². The van der Waals surface area contributed by atoms with E-state index in [2.05, 4.69) is 10.2 Å². The lowest BCUT2D eigenvalue weighted by molar-refractivity contribution is 0.0770. The summed E-state index contributed by atoms with van der Waals surface area (Å²) in [7, 11) is 1.51. The molecular formula is C17H18FN3O3. The van der Waals surface area contributed by atoms with Gasteiger partial charge in [-0.2, -0.15) is 0 Å². The fraction of sp³-hybridized carbons (Fsp3) is 0.353. The highest BCUT2D eigenvalue weighted by molar-refractivity contribution is 5.94. The number of amides is 1. The minimum Gasteiger partial charge on any atom is -0.480 e. The predicted octanol–water partition coefficient (Wildman–Crippen LogP) is 2.23. The molecule has 0 radical (unpaired) electrons. The number of carbonyl (C=O) groups is 1. The average molecular weight is 331 g/mol. The van der Waals surface area contributed by atoms with Gasteiger partial charge in [0.25, 0.3) is 5.91 Å². The second-order valence-corrected chi connectivity index (χ2v) is 5.66. The van der Waals surface area contributed by atoms with E-state index in [9.17, 15) is 9.18 Å². The van der Waals surface area contributed by atoms with Gasteiger partial charge in [-0.1, -0.05) is 6.07 Å². The molecule has 2 heterocycles. The van der Waals surface area contributed by atoms with Gasteiger partial charge in [-0.3, -0.25) is 4.79 Å². The summed E-state index contributed by atoms with van der Waals surface area (Å²) in [5, 5.41) is 7.75. The second-order valence-electron chi connectivity index (χ2n) is 5.66. The van der Waals surface area contributed by atoms with Crippen molar-refractivity contribution in [3.05, 3.63) is 47.3 Å². The van der Waals surface area contributed by atoms with Crippen LogP contribution in [0.3, 0.4) is 0 Å². The number of nitrogens with zero attached hydrogens (tertiary/aromatic N) is 3. The fourth-order valence-corrected chi connectivity index (χ4v) is 2.57. The molecule has 0 N–H and O–H groups in total. The highest BCUT2D eigenvalue weighted by Gasteiger charge is 2.28. The number of benzene rings is 1. The number of hydrogen-bond donors (Lipinski definition) is 0. The van der Waals surface area contributed by atoms with Crippen LogP contribution in [0.5, 0.6) is 11.8 Å². The number of ether oxygens (including phenoxy) is 2. The Balaban J connectivity index is 1.61. The van der Waals surface area contributed by atoms with Gasteiger partial charge in [-0.05, 0) is 24.6 Å². The smallest absolute Gasteiger partial charge is 0.254 e. The zero-order chi connectivity index (χ0) is 17.1. The first-order valence-electron chi connectivity index (χ1n) is 7.66. The summed E-state index contributed by atoms with van der Waals surface area (Å²) < 4.78 is 24.3. The van der Waals surface area contributed by atoms with Gasteiger partial charge < -0.3 is 14.4 Å². The largest absolute Gasteiger partial charge is 0.480 e. The summed E-state index contributed by atoms with van der Waals surface area (Å²) in [4.78, 5) is 14.1. The number of aryl methyl sites for hydroxylation is 1. The SMILES string of the molecule is COc1ccc(OC2CCN(C(=O)c3ccc(C)c(F)c3)C2)nn1. The molecular weight excluding hydrogens is 313 g/mol. The van der Waals surface area contributed by atoms with E-state index in [-0.39, 0.29) is 17.8 Å². The van der Waals surface area contributed by atoms with Crippen LogP contribution in [0.15, 0.2) is 30.3 Å². The van der Waals surface area contributed by atoms with Gasteiger partial charge in [0, 0.05) is 30.7 Å². The zero-order valence-electron chi connectivity index (χ0n) is 13.5. The maximum absolute atomic E-state index is 13.6. The molecule has 126 valence electrons.